The first kappa shape index (κ1) is 12.7. The molecule has 1 nitrogen and oxygen atoms in total. The molecule has 1 unspecified atom stereocenters. The number of thiophene rings is 1. The number of alkyl halides is 1. The Kier molecular flexibility index (Phi) is 5.67. The first-order chi connectivity index (χ1) is 6.61. The van der Waals surface area contributed by atoms with E-state index < -0.39 is 0 Å². The standard InChI is InChI=1S/C10H15Br2NS/c1-8(4-11)5-13(2)6-10-3-9(12)7-14-10/h3,7-8H,4-6H2,1-2H3. The van der Waals surface area contributed by atoms with Crippen LogP contribution in [-0.4, -0.2) is 23.8 Å². The fourth-order valence-corrected chi connectivity index (χ4v) is 3.08. The monoisotopic (exact) mass is 339 g/mol. The molecule has 0 fully saturated rings. The second kappa shape index (κ2) is 6.26. The normalized spacial score (nSPS) is 13.5. The Morgan fingerprint density at radius 1 is 1.57 bits per heavy atom. The van der Waals surface area contributed by atoms with Crippen molar-refractivity contribution in [2.75, 3.05) is 18.9 Å². The van der Waals surface area contributed by atoms with Gasteiger partial charge in [0, 0.05) is 33.1 Å². The lowest BCUT2D eigenvalue weighted by Gasteiger charge is -2.18. The fourth-order valence-electron chi connectivity index (χ4n) is 1.35. The summed E-state index contributed by atoms with van der Waals surface area (Å²) in [5.41, 5.74) is 0. The van der Waals surface area contributed by atoms with Crippen LogP contribution in [0.1, 0.15) is 11.8 Å². The predicted molar refractivity (Wildman–Crippen MR) is 71.3 cm³/mol. The van der Waals surface area contributed by atoms with Gasteiger partial charge < -0.3 is 4.90 Å². The summed E-state index contributed by atoms with van der Waals surface area (Å²) in [6, 6.07) is 2.19. The molecule has 0 saturated carbocycles. The fraction of sp³-hybridized carbons (Fsp3) is 0.600. The summed E-state index contributed by atoms with van der Waals surface area (Å²) in [4.78, 5) is 3.78. The second-order valence-electron chi connectivity index (χ2n) is 3.69. The Morgan fingerprint density at radius 3 is 2.79 bits per heavy atom. The average Bonchev–Trinajstić information content (AvgIpc) is 2.50. The van der Waals surface area contributed by atoms with Gasteiger partial charge in [0.05, 0.1) is 0 Å². The Bertz CT molecular complexity index is 275. The van der Waals surface area contributed by atoms with E-state index in [9.17, 15) is 0 Å². The third-order valence-corrected chi connectivity index (χ3v) is 4.72. The number of halogens is 2. The van der Waals surface area contributed by atoms with E-state index in [4.69, 9.17) is 0 Å². The maximum atomic E-state index is 3.50. The number of hydrogen-bond acceptors (Lipinski definition) is 2. The van der Waals surface area contributed by atoms with E-state index in [0.717, 1.165) is 18.4 Å². The van der Waals surface area contributed by atoms with Crippen molar-refractivity contribution >= 4 is 43.2 Å². The molecular weight excluding hydrogens is 326 g/mol. The average molecular weight is 341 g/mol. The molecule has 0 spiro atoms. The Morgan fingerprint density at radius 2 is 2.29 bits per heavy atom. The van der Waals surface area contributed by atoms with Crippen molar-refractivity contribution in [2.24, 2.45) is 5.92 Å². The molecule has 1 heterocycles. The lowest BCUT2D eigenvalue weighted by atomic mass is 10.2. The van der Waals surface area contributed by atoms with Crippen LogP contribution in [0.2, 0.25) is 0 Å². The van der Waals surface area contributed by atoms with Crippen LogP contribution < -0.4 is 0 Å². The zero-order valence-electron chi connectivity index (χ0n) is 8.46. The van der Waals surface area contributed by atoms with Crippen LogP contribution in [0.25, 0.3) is 0 Å². The minimum absolute atomic E-state index is 0.711. The van der Waals surface area contributed by atoms with Gasteiger partial charge in [-0.1, -0.05) is 22.9 Å². The first-order valence-corrected chi connectivity index (χ1v) is 7.38. The molecule has 0 radical (unpaired) electrons. The van der Waals surface area contributed by atoms with Crippen LogP contribution in [0, 0.1) is 5.92 Å². The molecule has 14 heavy (non-hydrogen) atoms. The molecule has 1 rings (SSSR count). The molecule has 4 heteroatoms. The van der Waals surface area contributed by atoms with Crippen molar-refractivity contribution in [1.82, 2.24) is 4.90 Å². The highest BCUT2D eigenvalue weighted by molar-refractivity contribution is 9.10. The molecular formula is C10H15Br2NS. The van der Waals surface area contributed by atoms with Crippen LogP contribution in [0.15, 0.2) is 15.9 Å². The summed E-state index contributed by atoms with van der Waals surface area (Å²) in [6.07, 6.45) is 0. The molecule has 80 valence electrons. The van der Waals surface area contributed by atoms with Crippen LogP contribution >= 0.6 is 43.2 Å². The SMILES string of the molecule is CC(CBr)CN(C)Cc1cc(Br)cs1. The van der Waals surface area contributed by atoms with Crippen molar-refractivity contribution in [2.45, 2.75) is 13.5 Å². The minimum Gasteiger partial charge on any atom is -0.301 e. The van der Waals surface area contributed by atoms with E-state index in [-0.39, 0.29) is 0 Å². The highest BCUT2D eigenvalue weighted by Crippen LogP contribution is 2.21. The lowest BCUT2D eigenvalue weighted by molar-refractivity contribution is 0.293. The smallest absolute Gasteiger partial charge is 0.0325 e. The van der Waals surface area contributed by atoms with Gasteiger partial charge in [0.25, 0.3) is 0 Å². The van der Waals surface area contributed by atoms with Gasteiger partial charge in [-0.3, -0.25) is 0 Å². The Hall–Kier alpha value is 0.620. The molecule has 0 aliphatic heterocycles. The van der Waals surface area contributed by atoms with Gasteiger partial charge in [-0.25, -0.2) is 0 Å². The van der Waals surface area contributed by atoms with Crippen molar-refractivity contribution in [3.63, 3.8) is 0 Å². The molecule has 0 aliphatic rings. The highest BCUT2D eigenvalue weighted by Gasteiger charge is 2.06. The van der Waals surface area contributed by atoms with Crippen LogP contribution in [0.5, 0.6) is 0 Å². The van der Waals surface area contributed by atoms with Gasteiger partial charge >= 0.3 is 0 Å². The molecule has 0 N–H and O–H groups in total. The highest BCUT2D eigenvalue weighted by atomic mass is 79.9. The lowest BCUT2D eigenvalue weighted by Crippen LogP contribution is -2.24. The number of hydrogen-bond donors (Lipinski definition) is 0. The third-order valence-electron chi connectivity index (χ3n) is 1.93. The van der Waals surface area contributed by atoms with E-state index in [1.54, 1.807) is 0 Å². The van der Waals surface area contributed by atoms with E-state index >= 15 is 0 Å². The maximum Gasteiger partial charge on any atom is 0.0325 e. The summed E-state index contributed by atoms with van der Waals surface area (Å²) < 4.78 is 1.19. The second-order valence-corrected chi connectivity index (χ2v) is 6.25. The van der Waals surface area contributed by atoms with E-state index in [1.165, 1.54) is 9.35 Å². The zero-order chi connectivity index (χ0) is 10.6. The largest absolute Gasteiger partial charge is 0.301 e. The maximum absolute atomic E-state index is 3.50. The molecule has 1 aromatic heterocycles. The van der Waals surface area contributed by atoms with Crippen LogP contribution in [-0.2, 0) is 6.54 Å². The topological polar surface area (TPSA) is 3.24 Å². The van der Waals surface area contributed by atoms with Crippen molar-refractivity contribution in [3.05, 3.63) is 20.8 Å². The van der Waals surface area contributed by atoms with E-state index in [2.05, 4.69) is 62.2 Å². The van der Waals surface area contributed by atoms with Crippen molar-refractivity contribution in [3.8, 4) is 0 Å². The zero-order valence-corrected chi connectivity index (χ0v) is 12.5. The summed E-state index contributed by atoms with van der Waals surface area (Å²) in [5, 5.41) is 3.21. The number of nitrogens with zero attached hydrogens (tertiary/aromatic N) is 1. The molecule has 0 amide bonds. The molecule has 0 saturated heterocycles. The van der Waals surface area contributed by atoms with Gasteiger partial charge in [-0.2, -0.15) is 0 Å². The van der Waals surface area contributed by atoms with Gasteiger partial charge in [-0.15, -0.1) is 11.3 Å². The summed E-state index contributed by atoms with van der Waals surface area (Å²) >= 11 is 8.78. The summed E-state index contributed by atoms with van der Waals surface area (Å²) in [5.74, 6) is 0.711. The van der Waals surface area contributed by atoms with Gasteiger partial charge in [-0.05, 0) is 35.0 Å². The summed E-state index contributed by atoms with van der Waals surface area (Å²) in [6.45, 7) is 4.45. The first-order valence-electron chi connectivity index (χ1n) is 4.59. The third kappa shape index (κ3) is 4.43. The molecule has 1 atom stereocenters. The van der Waals surface area contributed by atoms with Gasteiger partial charge in [0.1, 0.15) is 0 Å². The predicted octanol–water partition coefficient (Wildman–Crippen LogP) is 3.97. The Balaban J connectivity index is 2.37. The molecule has 0 bridgehead atoms. The van der Waals surface area contributed by atoms with E-state index in [0.29, 0.717) is 5.92 Å². The summed E-state index contributed by atoms with van der Waals surface area (Å²) in [7, 11) is 2.17. The minimum atomic E-state index is 0.711. The van der Waals surface area contributed by atoms with Crippen LogP contribution in [0.3, 0.4) is 0 Å². The van der Waals surface area contributed by atoms with Gasteiger partial charge in [0.2, 0.25) is 0 Å². The quantitative estimate of drug-likeness (QED) is 0.733. The van der Waals surface area contributed by atoms with Crippen molar-refractivity contribution in [1.29, 1.82) is 0 Å². The molecule has 0 aliphatic carbocycles. The molecule has 0 aromatic carbocycles. The Labute approximate surface area is 107 Å². The van der Waals surface area contributed by atoms with Gasteiger partial charge in [0.15, 0.2) is 0 Å². The van der Waals surface area contributed by atoms with E-state index in [1.807, 2.05) is 11.3 Å². The van der Waals surface area contributed by atoms with Crippen molar-refractivity contribution < 1.29 is 0 Å². The number of rotatable bonds is 5. The molecule has 1 aromatic rings. The van der Waals surface area contributed by atoms with Crippen LogP contribution in [0.4, 0.5) is 0 Å².